The van der Waals surface area contributed by atoms with Gasteiger partial charge in [-0.25, -0.2) is 4.39 Å². The topological polar surface area (TPSA) is 86.1 Å². The molecule has 0 radical (unpaired) electrons. The lowest BCUT2D eigenvalue weighted by atomic mass is 9.55. The number of likely N-dealkylation sites (N-methyl/N-ethyl adjacent to an activating group) is 1. The smallest absolute Gasteiger partial charge is 0.197 e. The van der Waals surface area contributed by atoms with E-state index in [4.69, 9.17) is 4.74 Å². The second-order valence-electron chi connectivity index (χ2n) is 11.3. The summed E-state index contributed by atoms with van der Waals surface area (Å²) in [4.78, 5) is 6.12. The molecule has 33 heavy (non-hydrogen) atoms. The molecule has 0 amide bonds. The van der Waals surface area contributed by atoms with E-state index in [-0.39, 0.29) is 17.8 Å². The van der Waals surface area contributed by atoms with Crippen molar-refractivity contribution in [3.05, 3.63) is 47.8 Å². The molecule has 9 atom stereocenters. The van der Waals surface area contributed by atoms with E-state index in [0.29, 0.717) is 24.8 Å². The van der Waals surface area contributed by atoms with Gasteiger partial charge in [-0.15, -0.1) is 0 Å². The van der Waals surface area contributed by atoms with Gasteiger partial charge in [0.1, 0.15) is 17.8 Å². The van der Waals surface area contributed by atoms with Crippen LogP contribution in [-0.4, -0.2) is 80.5 Å². The lowest BCUT2D eigenvalue weighted by molar-refractivity contribution is -0.308. The average Bonchev–Trinajstić information content (AvgIpc) is 3.33. The van der Waals surface area contributed by atoms with E-state index in [2.05, 4.69) is 24.1 Å². The van der Waals surface area contributed by atoms with Gasteiger partial charge in [0, 0.05) is 29.8 Å². The summed E-state index contributed by atoms with van der Waals surface area (Å²) in [5, 5.41) is 33.3. The number of hydrogen-bond acceptors (Lipinski definition) is 6. The zero-order valence-corrected chi connectivity index (χ0v) is 19.4. The second kappa shape index (κ2) is 6.73. The number of ether oxygens (including phenoxy) is 1. The molecule has 6 nitrogen and oxygen atoms in total. The maximum Gasteiger partial charge on any atom is 0.197 e. The third kappa shape index (κ3) is 2.42. The molecule has 6 rings (SSSR count). The Morgan fingerprint density at radius 1 is 1.18 bits per heavy atom. The minimum absolute atomic E-state index is 0.0561. The summed E-state index contributed by atoms with van der Waals surface area (Å²) in [6.07, 6.45) is 5.98. The van der Waals surface area contributed by atoms with Gasteiger partial charge in [-0.1, -0.05) is 25.1 Å². The Kier molecular flexibility index (Phi) is 4.46. The minimum Gasteiger partial charge on any atom is -0.389 e. The first kappa shape index (κ1) is 21.9. The van der Waals surface area contributed by atoms with Crippen LogP contribution in [-0.2, 0) is 4.74 Å². The first-order valence-corrected chi connectivity index (χ1v) is 12.0. The van der Waals surface area contributed by atoms with Crippen LogP contribution in [0.25, 0.3) is 5.57 Å². The van der Waals surface area contributed by atoms with Crippen molar-refractivity contribution in [3.63, 3.8) is 0 Å². The van der Waals surface area contributed by atoms with E-state index in [9.17, 15) is 15.3 Å². The fraction of sp³-hybridized carbons (Fsp3) is 0.654. The standard InChI is InChI=1S/C26H33FN2O4/c1-23-9-8-17-21(31)26(27)22(32)20(30)18(29(2)3)13-24(26)10-11-25(17,33-24)19(23)7-6-16(23)15-5-4-12-28-14-15/h4-6,8,12,14,18-22,30-32H,7,9-11,13H2,1-3H3. The second-order valence-corrected chi connectivity index (χ2v) is 11.3. The maximum atomic E-state index is 16.9. The summed E-state index contributed by atoms with van der Waals surface area (Å²) in [5.41, 5.74) is -1.92. The molecule has 3 fully saturated rings. The Morgan fingerprint density at radius 3 is 2.67 bits per heavy atom. The summed E-state index contributed by atoms with van der Waals surface area (Å²) in [7, 11) is 3.63. The molecule has 5 aliphatic rings. The average molecular weight is 457 g/mol. The number of aliphatic hydroxyl groups excluding tert-OH is 3. The lowest BCUT2D eigenvalue weighted by Crippen LogP contribution is -2.78. The van der Waals surface area contributed by atoms with Gasteiger partial charge < -0.3 is 25.0 Å². The summed E-state index contributed by atoms with van der Waals surface area (Å²) in [6.45, 7) is 2.24. The van der Waals surface area contributed by atoms with Crippen LogP contribution in [0.4, 0.5) is 4.39 Å². The van der Waals surface area contributed by atoms with Crippen LogP contribution in [0.1, 0.15) is 44.6 Å². The molecule has 3 aliphatic carbocycles. The summed E-state index contributed by atoms with van der Waals surface area (Å²) in [6, 6.07) is 3.55. The number of aromatic nitrogens is 1. The van der Waals surface area contributed by atoms with Crippen molar-refractivity contribution in [2.75, 3.05) is 14.1 Å². The van der Waals surface area contributed by atoms with Crippen LogP contribution >= 0.6 is 0 Å². The molecule has 2 saturated heterocycles. The number of allylic oxidation sites excluding steroid dienone is 3. The monoisotopic (exact) mass is 456 g/mol. The molecular formula is C26H33FN2O4. The third-order valence-corrected chi connectivity index (χ3v) is 9.73. The number of hydrogen-bond donors (Lipinski definition) is 3. The lowest BCUT2D eigenvalue weighted by Gasteiger charge is -2.62. The van der Waals surface area contributed by atoms with Gasteiger partial charge in [0.25, 0.3) is 0 Å². The maximum absolute atomic E-state index is 16.9. The molecule has 1 aromatic heterocycles. The van der Waals surface area contributed by atoms with Gasteiger partial charge in [-0.05, 0) is 69.0 Å². The Morgan fingerprint density at radius 2 is 1.97 bits per heavy atom. The highest BCUT2D eigenvalue weighted by Gasteiger charge is 2.79. The molecule has 1 aromatic rings. The molecule has 2 aliphatic heterocycles. The number of nitrogens with zero attached hydrogens (tertiary/aromatic N) is 2. The first-order valence-electron chi connectivity index (χ1n) is 12.0. The van der Waals surface area contributed by atoms with E-state index in [1.807, 2.05) is 37.3 Å². The first-order chi connectivity index (χ1) is 15.6. The van der Waals surface area contributed by atoms with Crippen molar-refractivity contribution < 1.29 is 24.4 Å². The van der Waals surface area contributed by atoms with E-state index in [1.165, 1.54) is 5.57 Å². The number of rotatable bonds is 2. The molecule has 0 aromatic carbocycles. The van der Waals surface area contributed by atoms with Gasteiger partial charge in [-0.2, -0.15) is 0 Å². The van der Waals surface area contributed by atoms with E-state index < -0.39 is 41.2 Å². The molecule has 2 bridgehead atoms. The number of alkyl halides is 1. The van der Waals surface area contributed by atoms with Crippen LogP contribution in [0.15, 0.2) is 42.3 Å². The molecule has 7 heteroatoms. The Bertz CT molecular complexity index is 1050. The summed E-state index contributed by atoms with van der Waals surface area (Å²) < 4.78 is 23.7. The molecule has 3 N–H and O–H groups in total. The third-order valence-electron chi connectivity index (χ3n) is 9.73. The van der Waals surface area contributed by atoms with Crippen molar-refractivity contribution in [3.8, 4) is 0 Å². The van der Waals surface area contributed by atoms with Gasteiger partial charge in [0.05, 0.1) is 11.7 Å². The van der Waals surface area contributed by atoms with Crippen LogP contribution in [0.3, 0.4) is 0 Å². The SMILES string of the molecule is CN(C)C1CC23CCC4(O2)C(=CCC2(C)C(c5cccnc5)=CCC24)C(O)C3(F)C(O)C1O. The predicted molar refractivity (Wildman–Crippen MR) is 121 cm³/mol. The highest BCUT2D eigenvalue weighted by atomic mass is 19.1. The van der Waals surface area contributed by atoms with Crippen LogP contribution in [0.5, 0.6) is 0 Å². The van der Waals surface area contributed by atoms with Gasteiger partial charge in [0.15, 0.2) is 5.67 Å². The predicted octanol–water partition coefficient (Wildman–Crippen LogP) is 2.25. The molecular weight excluding hydrogens is 423 g/mol. The summed E-state index contributed by atoms with van der Waals surface area (Å²) in [5.74, 6) is 0.0561. The molecule has 1 saturated carbocycles. The highest BCUT2D eigenvalue weighted by Crippen LogP contribution is 2.70. The van der Waals surface area contributed by atoms with Crippen LogP contribution in [0, 0.1) is 11.3 Å². The number of halogens is 1. The highest BCUT2D eigenvalue weighted by molar-refractivity contribution is 5.73. The van der Waals surface area contributed by atoms with Crippen LogP contribution < -0.4 is 0 Å². The fourth-order valence-corrected chi connectivity index (χ4v) is 8.05. The molecule has 9 unspecified atom stereocenters. The van der Waals surface area contributed by atoms with Gasteiger partial charge in [0.2, 0.25) is 0 Å². The number of pyridine rings is 1. The molecule has 178 valence electrons. The van der Waals surface area contributed by atoms with E-state index in [0.717, 1.165) is 12.0 Å². The molecule has 3 heterocycles. The van der Waals surface area contributed by atoms with Crippen molar-refractivity contribution in [1.82, 2.24) is 9.88 Å². The minimum atomic E-state index is -2.45. The van der Waals surface area contributed by atoms with Gasteiger partial charge in [-0.3, -0.25) is 4.98 Å². The van der Waals surface area contributed by atoms with Crippen molar-refractivity contribution in [1.29, 1.82) is 0 Å². The fourth-order valence-electron chi connectivity index (χ4n) is 8.05. The van der Waals surface area contributed by atoms with Crippen molar-refractivity contribution >= 4 is 5.57 Å². The number of fused-ring (bicyclic) bond motifs is 1. The van der Waals surface area contributed by atoms with E-state index in [1.54, 1.807) is 6.20 Å². The van der Waals surface area contributed by atoms with Crippen molar-refractivity contribution in [2.45, 2.75) is 80.3 Å². The normalized spacial score (nSPS) is 50.4. The van der Waals surface area contributed by atoms with Crippen molar-refractivity contribution in [2.24, 2.45) is 11.3 Å². The quantitative estimate of drug-likeness (QED) is 0.592. The Balaban J connectivity index is 1.46. The van der Waals surface area contributed by atoms with E-state index >= 15 is 4.39 Å². The van der Waals surface area contributed by atoms with Gasteiger partial charge >= 0.3 is 0 Å². The Hall–Kier alpha value is -1.64. The van der Waals surface area contributed by atoms with Crippen LogP contribution in [0.2, 0.25) is 0 Å². The Labute approximate surface area is 193 Å². The molecule has 2 spiro atoms. The summed E-state index contributed by atoms with van der Waals surface area (Å²) >= 11 is 0. The zero-order valence-electron chi connectivity index (χ0n) is 19.4. The largest absolute Gasteiger partial charge is 0.389 e. The number of aliphatic hydroxyl groups is 3. The zero-order chi connectivity index (χ0) is 23.4.